The summed E-state index contributed by atoms with van der Waals surface area (Å²) in [5, 5.41) is 1.06. The van der Waals surface area contributed by atoms with Gasteiger partial charge in [0.25, 0.3) is 5.91 Å². The summed E-state index contributed by atoms with van der Waals surface area (Å²) >= 11 is 18.2. The van der Waals surface area contributed by atoms with E-state index in [0.29, 0.717) is 45.4 Å². The van der Waals surface area contributed by atoms with E-state index in [1.807, 2.05) is 4.90 Å². The summed E-state index contributed by atoms with van der Waals surface area (Å²) < 4.78 is 11.4. The van der Waals surface area contributed by atoms with Gasteiger partial charge in [-0.3, -0.25) is 9.69 Å². The molecular formula is C24H23Cl3N2O3. The molecule has 3 aromatic rings. The summed E-state index contributed by atoms with van der Waals surface area (Å²) in [6.07, 6.45) is 0. The SMILES string of the molecule is Cc1ccc(CN2CCN(C(=O)c3ccc(COc4c(Cl)cc(Cl)cc4Cl)o3)CC2)cc1. The second-order valence-electron chi connectivity index (χ2n) is 7.81. The quantitative estimate of drug-likeness (QED) is 0.417. The molecule has 0 radical (unpaired) electrons. The second-order valence-corrected chi connectivity index (χ2v) is 9.06. The van der Waals surface area contributed by atoms with Crippen LogP contribution in [-0.2, 0) is 13.2 Å². The van der Waals surface area contributed by atoms with E-state index in [4.69, 9.17) is 44.0 Å². The fourth-order valence-electron chi connectivity index (χ4n) is 3.60. The fourth-order valence-corrected chi connectivity index (χ4v) is 4.52. The average molecular weight is 494 g/mol. The van der Waals surface area contributed by atoms with Crippen molar-refractivity contribution in [2.75, 3.05) is 26.2 Å². The molecule has 1 aliphatic rings. The molecule has 1 fully saturated rings. The molecule has 8 heteroatoms. The predicted molar refractivity (Wildman–Crippen MR) is 127 cm³/mol. The van der Waals surface area contributed by atoms with Gasteiger partial charge >= 0.3 is 0 Å². The Hall–Kier alpha value is -2.18. The normalized spacial score (nSPS) is 14.6. The van der Waals surface area contributed by atoms with Crippen molar-refractivity contribution in [3.8, 4) is 5.75 Å². The Balaban J connectivity index is 1.30. The summed E-state index contributed by atoms with van der Waals surface area (Å²) in [5.41, 5.74) is 2.54. The lowest BCUT2D eigenvalue weighted by Gasteiger charge is -2.34. The number of rotatable bonds is 6. The van der Waals surface area contributed by atoms with Crippen molar-refractivity contribution >= 4 is 40.7 Å². The lowest BCUT2D eigenvalue weighted by Crippen LogP contribution is -2.48. The van der Waals surface area contributed by atoms with Gasteiger partial charge in [-0.2, -0.15) is 0 Å². The number of carbonyl (C=O) groups excluding carboxylic acids is 1. The number of hydrogen-bond donors (Lipinski definition) is 0. The van der Waals surface area contributed by atoms with E-state index in [1.54, 1.807) is 24.3 Å². The molecular weight excluding hydrogens is 471 g/mol. The number of aryl methyl sites for hydroxylation is 1. The van der Waals surface area contributed by atoms with Crippen LogP contribution in [0.2, 0.25) is 15.1 Å². The Labute approximate surface area is 202 Å². The molecule has 1 aromatic heterocycles. The van der Waals surface area contributed by atoms with Gasteiger partial charge in [-0.25, -0.2) is 0 Å². The maximum atomic E-state index is 12.9. The minimum absolute atomic E-state index is 0.0959. The molecule has 0 saturated carbocycles. The summed E-state index contributed by atoms with van der Waals surface area (Å²) in [6.45, 7) is 6.04. The van der Waals surface area contributed by atoms with Gasteiger partial charge in [0.05, 0.1) is 10.0 Å². The molecule has 0 atom stereocenters. The highest BCUT2D eigenvalue weighted by atomic mass is 35.5. The fraction of sp³-hybridized carbons (Fsp3) is 0.292. The van der Waals surface area contributed by atoms with Crippen molar-refractivity contribution < 1.29 is 13.9 Å². The van der Waals surface area contributed by atoms with Crippen molar-refractivity contribution in [3.63, 3.8) is 0 Å². The van der Waals surface area contributed by atoms with Gasteiger partial charge in [-0.15, -0.1) is 0 Å². The van der Waals surface area contributed by atoms with Gasteiger partial charge < -0.3 is 14.1 Å². The van der Waals surface area contributed by atoms with Crippen LogP contribution in [0.4, 0.5) is 0 Å². The summed E-state index contributed by atoms with van der Waals surface area (Å²) in [6, 6.07) is 15.1. The number of furan rings is 1. The van der Waals surface area contributed by atoms with E-state index in [9.17, 15) is 4.79 Å². The van der Waals surface area contributed by atoms with E-state index < -0.39 is 0 Å². The Morgan fingerprint density at radius 2 is 1.62 bits per heavy atom. The lowest BCUT2D eigenvalue weighted by atomic mass is 10.1. The second kappa shape index (κ2) is 10.2. The highest BCUT2D eigenvalue weighted by molar-refractivity contribution is 6.40. The number of benzene rings is 2. The van der Waals surface area contributed by atoms with Crippen LogP contribution >= 0.6 is 34.8 Å². The van der Waals surface area contributed by atoms with Crippen molar-refractivity contribution in [1.82, 2.24) is 9.80 Å². The maximum Gasteiger partial charge on any atom is 0.289 e. The number of piperazine rings is 1. The minimum Gasteiger partial charge on any atom is -0.483 e. The molecule has 2 aromatic carbocycles. The van der Waals surface area contributed by atoms with Gasteiger partial charge in [-0.1, -0.05) is 64.6 Å². The van der Waals surface area contributed by atoms with E-state index >= 15 is 0 Å². The monoisotopic (exact) mass is 492 g/mol. The molecule has 1 aliphatic heterocycles. The van der Waals surface area contributed by atoms with Crippen LogP contribution in [0.5, 0.6) is 5.75 Å². The van der Waals surface area contributed by atoms with Crippen molar-refractivity contribution in [3.05, 3.63) is 86.2 Å². The molecule has 32 heavy (non-hydrogen) atoms. The van der Waals surface area contributed by atoms with E-state index in [2.05, 4.69) is 36.1 Å². The predicted octanol–water partition coefficient (Wildman–Crippen LogP) is 6.09. The highest BCUT2D eigenvalue weighted by Crippen LogP contribution is 2.36. The minimum atomic E-state index is -0.117. The van der Waals surface area contributed by atoms with Gasteiger partial charge in [0.15, 0.2) is 11.5 Å². The van der Waals surface area contributed by atoms with Crippen LogP contribution in [-0.4, -0.2) is 41.9 Å². The number of amides is 1. The van der Waals surface area contributed by atoms with Crippen LogP contribution in [0.3, 0.4) is 0 Å². The van der Waals surface area contributed by atoms with Crippen molar-refractivity contribution in [2.45, 2.75) is 20.1 Å². The van der Waals surface area contributed by atoms with Crippen LogP contribution < -0.4 is 4.74 Å². The van der Waals surface area contributed by atoms with Crippen LogP contribution in [0.25, 0.3) is 0 Å². The van der Waals surface area contributed by atoms with Crippen molar-refractivity contribution in [1.29, 1.82) is 0 Å². The largest absolute Gasteiger partial charge is 0.483 e. The zero-order valence-corrected chi connectivity index (χ0v) is 19.9. The zero-order chi connectivity index (χ0) is 22.7. The van der Waals surface area contributed by atoms with E-state index in [1.165, 1.54) is 11.1 Å². The third-order valence-electron chi connectivity index (χ3n) is 5.38. The first-order valence-electron chi connectivity index (χ1n) is 10.3. The first-order valence-corrected chi connectivity index (χ1v) is 11.5. The molecule has 2 heterocycles. The number of carbonyl (C=O) groups is 1. The first-order chi connectivity index (χ1) is 15.4. The molecule has 0 unspecified atom stereocenters. The first kappa shape index (κ1) is 23.0. The maximum absolute atomic E-state index is 12.9. The highest BCUT2D eigenvalue weighted by Gasteiger charge is 2.24. The lowest BCUT2D eigenvalue weighted by molar-refractivity contribution is 0.0594. The molecule has 4 rings (SSSR count). The number of hydrogen-bond acceptors (Lipinski definition) is 4. The molecule has 0 aliphatic carbocycles. The molecule has 0 spiro atoms. The van der Waals surface area contributed by atoms with Crippen LogP contribution in [0, 0.1) is 6.92 Å². The van der Waals surface area contributed by atoms with E-state index in [0.717, 1.165) is 19.6 Å². The number of halogens is 3. The Morgan fingerprint density at radius 3 is 2.28 bits per heavy atom. The van der Waals surface area contributed by atoms with E-state index in [-0.39, 0.29) is 12.5 Å². The number of ether oxygens (including phenoxy) is 1. The van der Waals surface area contributed by atoms with Crippen LogP contribution in [0.15, 0.2) is 52.9 Å². The van der Waals surface area contributed by atoms with Gasteiger partial charge in [0, 0.05) is 37.7 Å². The van der Waals surface area contributed by atoms with Gasteiger partial charge in [0.2, 0.25) is 0 Å². The Bertz CT molecular complexity index is 1070. The van der Waals surface area contributed by atoms with Gasteiger partial charge in [-0.05, 0) is 36.8 Å². The average Bonchev–Trinajstić information content (AvgIpc) is 3.24. The molecule has 0 bridgehead atoms. The molecule has 1 saturated heterocycles. The Morgan fingerprint density at radius 1 is 0.969 bits per heavy atom. The molecule has 168 valence electrons. The molecule has 0 N–H and O–H groups in total. The number of nitrogens with zero attached hydrogens (tertiary/aromatic N) is 2. The summed E-state index contributed by atoms with van der Waals surface area (Å²) in [4.78, 5) is 17.0. The standard InChI is InChI=1S/C24H23Cl3N2O3/c1-16-2-4-17(5-3-16)14-28-8-10-29(11-9-28)24(30)22-7-6-19(32-22)15-31-23-20(26)12-18(25)13-21(23)27/h2-7,12-13H,8-11,14-15H2,1H3. The summed E-state index contributed by atoms with van der Waals surface area (Å²) in [7, 11) is 0. The third-order valence-corrected chi connectivity index (χ3v) is 6.16. The third kappa shape index (κ3) is 5.59. The molecule has 1 amide bonds. The zero-order valence-electron chi connectivity index (χ0n) is 17.6. The van der Waals surface area contributed by atoms with Gasteiger partial charge in [0.1, 0.15) is 12.4 Å². The van der Waals surface area contributed by atoms with Crippen molar-refractivity contribution in [2.24, 2.45) is 0 Å². The smallest absolute Gasteiger partial charge is 0.289 e. The Kier molecular flexibility index (Phi) is 7.31. The summed E-state index contributed by atoms with van der Waals surface area (Å²) in [5.74, 6) is 1.01. The van der Waals surface area contributed by atoms with Crippen LogP contribution in [0.1, 0.15) is 27.4 Å². The molecule has 5 nitrogen and oxygen atoms in total. The topological polar surface area (TPSA) is 45.9 Å².